The number of hydrogen-bond acceptors (Lipinski definition) is 3. The van der Waals surface area contributed by atoms with Gasteiger partial charge in [0.05, 0.1) is 4.90 Å². The maximum absolute atomic E-state index is 12.3. The first kappa shape index (κ1) is 17.6. The summed E-state index contributed by atoms with van der Waals surface area (Å²) >= 11 is 2.15. The van der Waals surface area contributed by atoms with Crippen molar-refractivity contribution in [3.8, 4) is 0 Å². The highest BCUT2D eigenvalue weighted by Crippen LogP contribution is 2.16. The number of amides is 1. The van der Waals surface area contributed by atoms with E-state index in [1.165, 1.54) is 24.3 Å². The normalized spacial score (nSPS) is 11.0. The molecule has 0 unspecified atom stereocenters. The zero-order chi connectivity index (χ0) is 16.9. The van der Waals surface area contributed by atoms with Crippen LogP contribution in [0.5, 0.6) is 0 Å². The molecular formula is C16H15IN2O3S. The molecule has 1 amide bonds. The van der Waals surface area contributed by atoms with Crippen LogP contribution in [0.15, 0.2) is 66.1 Å². The minimum absolute atomic E-state index is 0.0367. The van der Waals surface area contributed by atoms with E-state index in [0.29, 0.717) is 5.69 Å². The summed E-state index contributed by atoms with van der Waals surface area (Å²) in [7, 11) is -3.66. The molecule has 2 N–H and O–H groups in total. The van der Waals surface area contributed by atoms with Crippen molar-refractivity contribution in [3.63, 3.8) is 0 Å². The van der Waals surface area contributed by atoms with Crippen LogP contribution in [0.4, 0.5) is 5.69 Å². The Balaban J connectivity index is 2.22. The first-order valence-corrected chi connectivity index (χ1v) is 9.26. The van der Waals surface area contributed by atoms with Gasteiger partial charge in [-0.2, -0.15) is 0 Å². The zero-order valence-electron chi connectivity index (χ0n) is 12.1. The molecule has 0 radical (unpaired) electrons. The average molecular weight is 442 g/mol. The van der Waals surface area contributed by atoms with Crippen LogP contribution in [0.25, 0.3) is 0 Å². The zero-order valence-corrected chi connectivity index (χ0v) is 15.1. The van der Waals surface area contributed by atoms with E-state index in [9.17, 15) is 13.2 Å². The molecule has 23 heavy (non-hydrogen) atoms. The Kier molecular flexibility index (Phi) is 5.91. The van der Waals surface area contributed by atoms with Gasteiger partial charge in [0.1, 0.15) is 0 Å². The molecule has 0 saturated heterocycles. The van der Waals surface area contributed by atoms with Crippen LogP contribution < -0.4 is 10.0 Å². The first-order valence-electron chi connectivity index (χ1n) is 6.70. The molecule has 120 valence electrons. The number of benzene rings is 2. The molecule has 0 aliphatic rings. The Morgan fingerprint density at radius 2 is 1.91 bits per heavy atom. The van der Waals surface area contributed by atoms with E-state index in [0.717, 1.165) is 3.57 Å². The van der Waals surface area contributed by atoms with E-state index in [2.05, 4.69) is 39.2 Å². The summed E-state index contributed by atoms with van der Waals surface area (Å²) in [4.78, 5) is 12.3. The lowest BCUT2D eigenvalue weighted by atomic mass is 10.2. The number of rotatable bonds is 6. The van der Waals surface area contributed by atoms with Gasteiger partial charge < -0.3 is 5.32 Å². The Labute approximate surface area is 149 Å². The summed E-state index contributed by atoms with van der Waals surface area (Å²) < 4.78 is 27.5. The highest BCUT2D eigenvalue weighted by atomic mass is 127. The number of sulfonamides is 1. The molecule has 0 spiro atoms. The molecule has 5 nitrogen and oxygen atoms in total. The summed E-state index contributed by atoms with van der Waals surface area (Å²) in [5, 5.41) is 2.75. The number of carbonyl (C=O) groups is 1. The SMILES string of the molecule is C=CCNS(=O)(=O)c1cccc(C(=O)Nc2cccc(I)c2)c1. The van der Waals surface area contributed by atoms with Crippen LogP contribution in [-0.2, 0) is 10.0 Å². The van der Waals surface area contributed by atoms with Crippen molar-refractivity contribution in [1.82, 2.24) is 4.72 Å². The molecule has 2 rings (SSSR count). The fourth-order valence-corrected chi connectivity index (χ4v) is 3.41. The molecular weight excluding hydrogens is 427 g/mol. The van der Waals surface area contributed by atoms with Crippen LogP contribution in [0.2, 0.25) is 0 Å². The van der Waals surface area contributed by atoms with E-state index in [1.807, 2.05) is 18.2 Å². The van der Waals surface area contributed by atoms with Crippen molar-refractivity contribution in [2.24, 2.45) is 0 Å². The lowest BCUT2D eigenvalue weighted by molar-refractivity contribution is 0.102. The average Bonchev–Trinajstić information content (AvgIpc) is 2.53. The van der Waals surface area contributed by atoms with Gasteiger partial charge in [0, 0.05) is 21.4 Å². The molecule has 0 aromatic heterocycles. The van der Waals surface area contributed by atoms with Gasteiger partial charge in [-0.25, -0.2) is 13.1 Å². The summed E-state index contributed by atoms with van der Waals surface area (Å²) in [6.45, 7) is 3.59. The van der Waals surface area contributed by atoms with Crippen molar-refractivity contribution in [3.05, 3.63) is 70.3 Å². The first-order chi connectivity index (χ1) is 10.9. The summed E-state index contributed by atoms with van der Waals surface area (Å²) in [5.41, 5.74) is 0.922. The minimum Gasteiger partial charge on any atom is -0.322 e. The van der Waals surface area contributed by atoms with E-state index in [4.69, 9.17) is 0 Å². The summed E-state index contributed by atoms with van der Waals surface area (Å²) in [5.74, 6) is -0.368. The third-order valence-electron chi connectivity index (χ3n) is 2.91. The van der Waals surface area contributed by atoms with Gasteiger partial charge in [-0.1, -0.05) is 18.2 Å². The monoisotopic (exact) mass is 442 g/mol. The lowest BCUT2D eigenvalue weighted by Gasteiger charge is -2.08. The van der Waals surface area contributed by atoms with Crippen molar-refractivity contribution < 1.29 is 13.2 Å². The number of halogens is 1. The predicted molar refractivity (Wildman–Crippen MR) is 98.9 cm³/mol. The molecule has 0 fully saturated rings. The highest BCUT2D eigenvalue weighted by Gasteiger charge is 2.15. The van der Waals surface area contributed by atoms with Crippen molar-refractivity contribution in [2.75, 3.05) is 11.9 Å². The number of hydrogen-bond donors (Lipinski definition) is 2. The van der Waals surface area contributed by atoms with Crippen molar-refractivity contribution in [2.45, 2.75) is 4.90 Å². The molecule has 0 bridgehead atoms. The number of nitrogens with one attached hydrogen (secondary N) is 2. The predicted octanol–water partition coefficient (Wildman–Crippen LogP) is 3.01. The van der Waals surface area contributed by atoms with E-state index in [-0.39, 0.29) is 22.9 Å². The largest absolute Gasteiger partial charge is 0.322 e. The maximum atomic E-state index is 12.3. The number of anilines is 1. The Bertz CT molecular complexity index is 835. The maximum Gasteiger partial charge on any atom is 0.255 e. The standard InChI is InChI=1S/C16H15IN2O3S/c1-2-9-18-23(21,22)15-8-3-5-12(10-15)16(20)19-14-7-4-6-13(17)11-14/h2-8,10-11,18H,1,9H2,(H,19,20). The van der Waals surface area contributed by atoms with Crippen LogP contribution >= 0.6 is 22.6 Å². The van der Waals surface area contributed by atoms with Gasteiger partial charge >= 0.3 is 0 Å². The van der Waals surface area contributed by atoms with Crippen LogP contribution in [-0.4, -0.2) is 20.9 Å². The van der Waals surface area contributed by atoms with Crippen LogP contribution in [0, 0.1) is 3.57 Å². The van der Waals surface area contributed by atoms with E-state index >= 15 is 0 Å². The third-order valence-corrected chi connectivity index (χ3v) is 5.00. The molecule has 2 aromatic carbocycles. The second kappa shape index (κ2) is 7.71. The number of carbonyl (C=O) groups excluding carboxylic acids is 1. The molecule has 0 saturated carbocycles. The smallest absolute Gasteiger partial charge is 0.255 e. The van der Waals surface area contributed by atoms with Gasteiger partial charge in [-0.15, -0.1) is 6.58 Å². The summed E-state index contributed by atoms with van der Waals surface area (Å²) in [6, 6.07) is 13.2. The van der Waals surface area contributed by atoms with Gasteiger partial charge in [0.25, 0.3) is 5.91 Å². The second-order valence-corrected chi connectivity index (χ2v) is 7.65. The quantitative estimate of drug-likeness (QED) is 0.534. The lowest BCUT2D eigenvalue weighted by Crippen LogP contribution is -2.24. The van der Waals surface area contributed by atoms with Crippen LogP contribution in [0.1, 0.15) is 10.4 Å². The molecule has 0 aliphatic heterocycles. The van der Waals surface area contributed by atoms with E-state index < -0.39 is 10.0 Å². The summed E-state index contributed by atoms with van der Waals surface area (Å²) in [6.07, 6.45) is 1.45. The fraction of sp³-hybridized carbons (Fsp3) is 0.0625. The molecule has 0 atom stereocenters. The Morgan fingerprint density at radius 1 is 1.17 bits per heavy atom. The van der Waals surface area contributed by atoms with E-state index in [1.54, 1.807) is 12.1 Å². The van der Waals surface area contributed by atoms with Crippen molar-refractivity contribution >= 4 is 44.2 Å². The van der Waals surface area contributed by atoms with Gasteiger partial charge in [-0.3, -0.25) is 4.79 Å². The second-order valence-electron chi connectivity index (χ2n) is 4.63. The van der Waals surface area contributed by atoms with Gasteiger partial charge in [0.2, 0.25) is 10.0 Å². The molecule has 0 aliphatic carbocycles. The molecule has 2 aromatic rings. The minimum atomic E-state index is -3.66. The van der Waals surface area contributed by atoms with Gasteiger partial charge in [0.15, 0.2) is 0 Å². The third kappa shape index (κ3) is 4.88. The molecule has 7 heteroatoms. The fourth-order valence-electron chi connectivity index (χ4n) is 1.83. The Morgan fingerprint density at radius 3 is 2.61 bits per heavy atom. The van der Waals surface area contributed by atoms with Gasteiger partial charge in [-0.05, 0) is 59.0 Å². The topological polar surface area (TPSA) is 75.3 Å². The molecule has 0 heterocycles. The van der Waals surface area contributed by atoms with Crippen molar-refractivity contribution in [1.29, 1.82) is 0 Å². The van der Waals surface area contributed by atoms with Crippen LogP contribution in [0.3, 0.4) is 0 Å². The Hall–Kier alpha value is -1.71. The highest BCUT2D eigenvalue weighted by molar-refractivity contribution is 14.1.